The van der Waals surface area contributed by atoms with Crippen molar-refractivity contribution in [3.8, 4) is 0 Å². The Hall–Kier alpha value is -2.38. The minimum atomic E-state index is -3.97. The lowest BCUT2D eigenvalue weighted by atomic mass is 10.1. The van der Waals surface area contributed by atoms with E-state index in [0.717, 1.165) is 5.56 Å². The van der Waals surface area contributed by atoms with E-state index in [-0.39, 0.29) is 31.2 Å². The second-order valence-corrected chi connectivity index (χ2v) is 10.4. The van der Waals surface area contributed by atoms with Gasteiger partial charge in [0.15, 0.2) is 0 Å². The Morgan fingerprint density at radius 2 is 1.16 bits per heavy atom. The van der Waals surface area contributed by atoms with Gasteiger partial charge in [-0.25, -0.2) is 8.42 Å². The Kier molecular flexibility index (Phi) is 13.1. The lowest BCUT2D eigenvalue weighted by Gasteiger charge is -2.28. The zero-order valence-corrected chi connectivity index (χ0v) is 22.7. The van der Waals surface area contributed by atoms with Crippen molar-refractivity contribution in [1.82, 2.24) is 9.62 Å². The van der Waals surface area contributed by atoms with Crippen LogP contribution in [0.5, 0.6) is 0 Å². The van der Waals surface area contributed by atoms with Crippen LogP contribution < -0.4 is 4.72 Å². The zero-order valence-electron chi connectivity index (χ0n) is 21.9. The van der Waals surface area contributed by atoms with Gasteiger partial charge in [-0.15, -0.1) is 0 Å². The molecular weight excluding hydrogens is 512 g/mol. The number of hydrogen-bond acceptors (Lipinski definition) is 8. The van der Waals surface area contributed by atoms with Crippen molar-refractivity contribution in [3.63, 3.8) is 0 Å². The van der Waals surface area contributed by atoms with Crippen LogP contribution in [0, 0.1) is 6.92 Å². The van der Waals surface area contributed by atoms with Gasteiger partial charge in [0.05, 0.1) is 71.0 Å². The molecular formula is C27H38N2O8S. The molecule has 0 aromatic heterocycles. The fourth-order valence-electron chi connectivity index (χ4n) is 3.69. The summed E-state index contributed by atoms with van der Waals surface area (Å²) in [6, 6.07) is 14.2. The van der Waals surface area contributed by atoms with Crippen molar-refractivity contribution in [2.24, 2.45) is 0 Å². The predicted molar refractivity (Wildman–Crippen MR) is 141 cm³/mol. The number of rotatable bonds is 5. The Bertz CT molecular complexity index is 1030. The molecule has 1 amide bonds. The van der Waals surface area contributed by atoms with E-state index in [1.165, 1.54) is 12.1 Å². The first-order valence-corrected chi connectivity index (χ1v) is 14.3. The first-order valence-electron chi connectivity index (χ1n) is 12.8. The van der Waals surface area contributed by atoms with E-state index in [4.69, 9.17) is 23.7 Å². The van der Waals surface area contributed by atoms with Gasteiger partial charge < -0.3 is 28.6 Å². The summed E-state index contributed by atoms with van der Waals surface area (Å²) in [4.78, 5) is 15.5. The van der Waals surface area contributed by atoms with Gasteiger partial charge in [0, 0.05) is 13.1 Å². The molecule has 1 atom stereocenters. The molecule has 1 aliphatic heterocycles. The van der Waals surface area contributed by atoms with E-state index >= 15 is 0 Å². The van der Waals surface area contributed by atoms with Crippen LogP contribution in [-0.2, 0) is 38.5 Å². The molecule has 0 spiro atoms. The Morgan fingerprint density at radius 3 is 1.63 bits per heavy atom. The van der Waals surface area contributed by atoms with Gasteiger partial charge in [-0.2, -0.15) is 4.72 Å². The second-order valence-electron chi connectivity index (χ2n) is 8.67. The highest BCUT2D eigenvalue weighted by atomic mass is 32.2. The van der Waals surface area contributed by atoms with Crippen molar-refractivity contribution in [2.75, 3.05) is 79.2 Å². The van der Waals surface area contributed by atoms with Crippen LogP contribution in [0.3, 0.4) is 0 Å². The third-order valence-corrected chi connectivity index (χ3v) is 7.23. The summed E-state index contributed by atoms with van der Waals surface area (Å²) >= 11 is 0. The van der Waals surface area contributed by atoms with Gasteiger partial charge in [-0.3, -0.25) is 4.79 Å². The Balaban J connectivity index is 1.74. The summed E-state index contributed by atoms with van der Waals surface area (Å²) in [7, 11) is -3.97. The molecule has 11 heteroatoms. The van der Waals surface area contributed by atoms with Crippen LogP contribution >= 0.6 is 0 Å². The fourth-order valence-corrected chi connectivity index (χ4v) is 4.87. The molecule has 1 N–H and O–H groups in total. The molecule has 1 fully saturated rings. The van der Waals surface area contributed by atoms with E-state index in [1.807, 2.05) is 13.0 Å². The normalized spacial score (nSPS) is 18.7. The number of amides is 1. The maximum absolute atomic E-state index is 13.8. The van der Waals surface area contributed by atoms with Crippen molar-refractivity contribution in [3.05, 3.63) is 65.7 Å². The summed E-state index contributed by atoms with van der Waals surface area (Å²) in [6.07, 6.45) is 0. The summed E-state index contributed by atoms with van der Waals surface area (Å²) < 4.78 is 56.8. The molecule has 0 aliphatic carbocycles. The molecule has 0 bridgehead atoms. The number of ether oxygens (including phenoxy) is 5. The molecule has 1 aliphatic rings. The van der Waals surface area contributed by atoms with Crippen molar-refractivity contribution >= 4 is 15.9 Å². The fraction of sp³-hybridized carbons (Fsp3) is 0.519. The number of carbonyl (C=O) groups excluding carboxylic acids is 1. The molecule has 1 heterocycles. The molecule has 210 valence electrons. The molecule has 1 unspecified atom stereocenters. The first-order chi connectivity index (χ1) is 18.5. The third kappa shape index (κ3) is 10.4. The first kappa shape index (κ1) is 30.2. The predicted octanol–water partition coefficient (Wildman–Crippen LogP) is 1.94. The van der Waals surface area contributed by atoms with Crippen molar-refractivity contribution in [2.45, 2.75) is 17.9 Å². The zero-order chi connectivity index (χ0) is 27.1. The van der Waals surface area contributed by atoms with Crippen molar-refractivity contribution < 1.29 is 36.9 Å². The van der Waals surface area contributed by atoms with E-state index in [0.29, 0.717) is 58.4 Å². The average Bonchev–Trinajstić information content (AvgIpc) is 2.92. The van der Waals surface area contributed by atoms with Crippen LogP contribution in [0.25, 0.3) is 0 Å². The summed E-state index contributed by atoms with van der Waals surface area (Å²) in [5, 5.41) is 0. The largest absolute Gasteiger partial charge is 0.377 e. The highest BCUT2D eigenvalue weighted by Gasteiger charge is 2.30. The quantitative estimate of drug-likeness (QED) is 0.601. The van der Waals surface area contributed by atoms with E-state index in [9.17, 15) is 13.2 Å². The van der Waals surface area contributed by atoms with Gasteiger partial charge in [-0.05, 0) is 24.6 Å². The molecule has 2 aromatic carbocycles. The smallest absolute Gasteiger partial charge is 0.245 e. The standard InChI is InChI=1S/C27H38N2O8S/c1-23-7-9-25(10-8-23)38(31,32)28-26(24-5-3-2-4-6-24)27(30)29-11-13-33-15-17-35-19-21-37-22-20-36-18-16-34-14-12-29/h2-10,26,28H,11-22H2,1H3. The van der Waals surface area contributed by atoms with E-state index in [2.05, 4.69) is 4.72 Å². The maximum atomic E-state index is 13.8. The van der Waals surface area contributed by atoms with Crippen LogP contribution in [0.4, 0.5) is 0 Å². The number of carbonyl (C=O) groups is 1. The third-order valence-electron chi connectivity index (χ3n) is 5.79. The Labute approximate surface area is 225 Å². The van der Waals surface area contributed by atoms with Gasteiger partial charge in [0.2, 0.25) is 15.9 Å². The summed E-state index contributed by atoms with van der Waals surface area (Å²) in [5.74, 6) is -0.391. The van der Waals surface area contributed by atoms with Gasteiger partial charge in [0.1, 0.15) is 6.04 Å². The molecule has 0 radical (unpaired) electrons. The summed E-state index contributed by atoms with van der Waals surface area (Å²) in [5.41, 5.74) is 1.48. The minimum absolute atomic E-state index is 0.0913. The SMILES string of the molecule is Cc1ccc(S(=O)(=O)NC(C(=O)N2CCOCCOCCOCCOCCOCC2)c2ccccc2)cc1. The molecule has 10 nitrogen and oxygen atoms in total. The van der Waals surface area contributed by atoms with Gasteiger partial charge in [0.25, 0.3) is 0 Å². The highest BCUT2D eigenvalue weighted by Crippen LogP contribution is 2.20. The lowest BCUT2D eigenvalue weighted by Crippen LogP contribution is -2.45. The summed E-state index contributed by atoms with van der Waals surface area (Å²) in [6.45, 7) is 6.32. The van der Waals surface area contributed by atoms with Crippen LogP contribution in [0.1, 0.15) is 17.2 Å². The topological polar surface area (TPSA) is 113 Å². The van der Waals surface area contributed by atoms with E-state index < -0.39 is 22.0 Å². The number of sulfonamides is 1. The maximum Gasteiger partial charge on any atom is 0.245 e. The van der Waals surface area contributed by atoms with Crippen LogP contribution in [0.2, 0.25) is 0 Å². The number of benzene rings is 2. The number of nitrogens with one attached hydrogen (secondary N) is 1. The number of nitrogens with zero attached hydrogens (tertiary/aromatic N) is 1. The average molecular weight is 551 g/mol. The monoisotopic (exact) mass is 550 g/mol. The Morgan fingerprint density at radius 1 is 0.711 bits per heavy atom. The van der Waals surface area contributed by atoms with E-state index in [1.54, 1.807) is 41.3 Å². The molecule has 0 saturated carbocycles. The van der Waals surface area contributed by atoms with Gasteiger partial charge in [-0.1, -0.05) is 48.0 Å². The van der Waals surface area contributed by atoms with Crippen LogP contribution in [-0.4, -0.2) is 98.4 Å². The number of aryl methyl sites for hydroxylation is 1. The highest BCUT2D eigenvalue weighted by molar-refractivity contribution is 7.89. The van der Waals surface area contributed by atoms with Crippen LogP contribution in [0.15, 0.2) is 59.5 Å². The minimum Gasteiger partial charge on any atom is -0.377 e. The molecule has 3 rings (SSSR count). The molecule has 1 saturated heterocycles. The van der Waals surface area contributed by atoms with Gasteiger partial charge >= 0.3 is 0 Å². The van der Waals surface area contributed by atoms with Crippen molar-refractivity contribution in [1.29, 1.82) is 0 Å². The second kappa shape index (κ2) is 16.6. The number of hydrogen-bond donors (Lipinski definition) is 1. The lowest BCUT2D eigenvalue weighted by molar-refractivity contribution is -0.135. The molecule has 38 heavy (non-hydrogen) atoms. The molecule has 2 aromatic rings.